The zero-order valence-corrected chi connectivity index (χ0v) is 27.9. The van der Waals surface area contributed by atoms with Gasteiger partial charge in [-0.3, -0.25) is 9.59 Å². The number of aliphatic hydroxyl groups is 3. The number of thiazole rings is 1. The summed E-state index contributed by atoms with van der Waals surface area (Å²) in [6.07, 6.45) is 3.57. The number of Topliss-reactive ketones (excluding diaryl/α,β-unsaturated/α-hetero) is 1. The summed E-state index contributed by atoms with van der Waals surface area (Å²) >= 11 is 3.14. The third-order valence-corrected chi connectivity index (χ3v) is 10.6. The van der Waals surface area contributed by atoms with Crippen LogP contribution in [0.3, 0.4) is 0 Å². The average molecular weight is 613 g/mol. The molecule has 2 rings (SSSR count). The Balaban J connectivity index is 2.19. The van der Waals surface area contributed by atoms with Crippen LogP contribution >= 0.6 is 23.1 Å². The van der Waals surface area contributed by atoms with E-state index in [0.717, 1.165) is 34.9 Å². The number of ether oxygens (including phenoxy) is 1. The van der Waals surface area contributed by atoms with Crippen molar-refractivity contribution >= 4 is 40.9 Å². The van der Waals surface area contributed by atoms with E-state index in [1.165, 1.54) is 0 Å². The van der Waals surface area contributed by atoms with Crippen LogP contribution in [-0.2, 0) is 14.3 Å². The van der Waals surface area contributed by atoms with E-state index in [2.05, 4.69) is 24.1 Å². The summed E-state index contributed by atoms with van der Waals surface area (Å²) in [5.41, 5.74) is 0.182. The monoisotopic (exact) mass is 612 g/mol. The molecule has 41 heavy (non-hydrogen) atoms. The van der Waals surface area contributed by atoms with E-state index in [4.69, 9.17) is 4.74 Å². The summed E-state index contributed by atoms with van der Waals surface area (Å²) in [4.78, 5) is 31.2. The van der Waals surface area contributed by atoms with Crippen molar-refractivity contribution < 1.29 is 29.6 Å². The van der Waals surface area contributed by atoms with E-state index in [0.29, 0.717) is 6.54 Å². The Morgan fingerprint density at radius 3 is 2.49 bits per heavy atom. The molecule has 0 aliphatic heterocycles. The van der Waals surface area contributed by atoms with Gasteiger partial charge in [0.1, 0.15) is 16.2 Å². The van der Waals surface area contributed by atoms with Crippen LogP contribution in [0.25, 0.3) is 6.08 Å². The smallest absolute Gasteiger partial charge is 0.309 e. The predicted molar refractivity (Wildman–Crippen MR) is 167 cm³/mol. The van der Waals surface area contributed by atoms with Crippen molar-refractivity contribution in [3.8, 4) is 0 Å². The van der Waals surface area contributed by atoms with E-state index in [1.807, 2.05) is 38.5 Å². The lowest BCUT2D eigenvalue weighted by molar-refractivity contribution is -0.155. The first-order valence-corrected chi connectivity index (χ1v) is 16.8. The number of nitrogens with one attached hydrogen (secondary N) is 1. The minimum atomic E-state index is -1.26. The summed E-state index contributed by atoms with van der Waals surface area (Å²) < 4.78 is 7.01. The summed E-state index contributed by atoms with van der Waals surface area (Å²) in [5, 5.41) is 36.5. The molecule has 0 bridgehead atoms. The average Bonchev–Trinajstić information content (AvgIpc) is 3.61. The van der Waals surface area contributed by atoms with Crippen molar-refractivity contribution in [2.45, 2.75) is 109 Å². The number of carbonyl (C=O) groups excluding carboxylic acids is 2. The van der Waals surface area contributed by atoms with Crippen LogP contribution in [-0.4, -0.2) is 75.3 Å². The van der Waals surface area contributed by atoms with E-state index >= 15 is 0 Å². The molecule has 0 amide bonds. The molecule has 0 radical (unpaired) electrons. The molecule has 1 heterocycles. The quantitative estimate of drug-likeness (QED) is 0.134. The van der Waals surface area contributed by atoms with Gasteiger partial charge in [0, 0.05) is 29.3 Å². The molecule has 7 atom stereocenters. The lowest BCUT2D eigenvalue weighted by atomic mass is 9.73. The van der Waals surface area contributed by atoms with Crippen molar-refractivity contribution in [3.63, 3.8) is 0 Å². The van der Waals surface area contributed by atoms with Crippen LogP contribution in [0, 0.1) is 29.1 Å². The van der Waals surface area contributed by atoms with Gasteiger partial charge in [-0.2, -0.15) is 0 Å². The maximum Gasteiger partial charge on any atom is 0.309 e. The summed E-state index contributed by atoms with van der Waals surface area (Å²) in [5.74, 6) is -1.26. The Kier molecular flexibility index (Phi) is 13.5. The number of rotatable bonds is 18. The molecular formula is C31H52N2O6S2. The minimum absolute atomic E-state index is 0.0410. The normalized spacial score (nSPS) is 21.6. The van der Waals surface area contributed by atoms with E-state index < -0.39 is 35.6 Å². The number of esters is 1. The molecule has 0 spiro atoms. The van der Waals surface area contributed by atoms with Crippen LogP contribution in [0.4, 0.5) is 0 Å². The number of hydrogen-bond donors (Lipinski definition) is 4. The van der Waals surface area contributed by atoms with Gasteiger partial charge in [0.15, 0.2) is 0 Å². The van der Waals surface area contributed by atoms with Crippen LogP contribution < -0.4 is 5.32 Å². The van der Waals surface area contributed by atoms with Crippen LogP contribution in [0.2, 0.25) is 0 Å². The molecule has 1 aromatic heterocycles. The number of hydrogen-bond acceptors (Lipinski definition) is 10. The molecule has 1 aliphatic rings. The maximum atomic E-state index is 13.3. The molecule has 10 heteroatoms. The first kappa shape index (κ1) is 35.9. The lowest BCUT2D eigenvalue weighted by Crippen LogP contribution is -2.46. The highest BCUT2D eigenvalue weighted by molar-refractivity contribution is 8.00. The van der Waals surface area contributed by atoms with Gasteiger partial charge in [0.25, 0.3) is 0 Å². The Hall–Kier alpha value is -1.30. The fourth-order valence-corrected chi connectivity index (χ4v) is 7.00. The number of β-amino-alcohol motifs (C(OH)–C–C–N with tert-alkyl or cyclic N) is 1. The molecule has 0 aromatic carbocycles. The van der Waals surface area contributed by atoms with Gasteiger partial charge in [0.2, 0.25) is 0 Å². The lowest BCUT2D eigenvalue weighted by Gasteiger charge is -2.34. The highest BCUT2D eigenvalue weighted by Crippen LogP contribution is 2.51. The second-order valence-electron chi connectivity index (χ2n) is 12.8. The highest BCUT2D eigenvalue weighted by Gasteiger charge is 2.53. The summed E-state index contributed by atoms with van der Waals surface area (Å²) in [7, 11) is 0. The van der Waals surface area contributed by atoms with Crippen molar-refractivity contribution in [2.24, 2.45) is 29.1 Å². The molecule has 1 unspecified atom stereocenters. The molecule has 8 nitrogen and oxygen atoms in total. The zero-order valence-electron chi connectivity index (χ0n) is 26.3. The second kappa shape index (κ2) is 15.4. The van der Waals surface area contributed by atoms with Crippen molar-refractivity contribution in [1.29, 1.82) is 0 Å². The van der Waals surface area contributed by atoms with Crippen molar-refractivity contribution in [3.05, 3.63) is 16.6 Å². The highest BCUT2D eigenvalue weighted by atomic mass is 32.2. The Bertz CT molecular complexity index is 1040. The number of carbonyl (C=O) groups is 2. The fraction of sp³-hybridized carbons (Fsp3) is 0.774. The van der Waals surface area contributed by atoms with Gasteiger partial charge in [0.05, 0.1) is 36.3 Å². The van der Waals surface area contributed by atoms with Crippen molar-refractivity contribution in [1.82, 2.24) is 10.3 Å². The number of nitrogens with zero attached hydrogens (tertiary/aromatic N) is 1. The van der Waals surface area contributed by atoms with Gasteiger partial charge < -0.3 is 25.4 Å². The zero-order chi connectivity index (χ0) is 31.1. The van der Waals surface area contributed by atoms with E-state index in [-0.39, 0.29) is 42.1 Å². The van der Waals surface area contributed by atoms with Gasteiger partial charge in [-0.15, -0.1) is 11.3 Å². The summed E-state index contributed by atoms with van der Waals surface area (Å²) in [6, 6.07) is 0. The number of ketones is 1. The predicted octanol–water partition coefficient (Wildman–Crippen LogP) is 4.96. The largest absolute Gasteiger partial charge is 0.457 e. The van der Waals surface area contributed by atoms with Crippen LogP contribution in [0.1, 0.15) is 86.8 Å². The standard InChI is InChI=1S/C31H52N2O6S2/c1-10-11-18(2)26(37)20(4)28(38)30(5,6)24(35)16-25(36)39-27(19(3)14-21-17-41-29(33-21)40-9)22-15-23(22)31(7,8)32-12-13-34/h14,17-18,20,22-24,26-27,32,34-35,37H,10-13,15-16H2,1-9H3/b19-14+/t18-,20+,22?,23-,24-,26-,27+/m0/s1. The second-order valence-corrected chi connectivity index (χ2v) is 14.7. The van der Waals surface area contributed by atoms with Gasteiger partial charge in [-0.05, 0) is 63.4 Å². The molecular weight excluding hydrogens is 560 g/mol. The number of thioether (sulfide) groups is 1. The third-order valence-electron chi connectivity index (χ3n) is 8.69. The van der Waals surface area contributed by atoms with Crippen LogP contribution in [0.5, 0.6) is 0 Å². The molecule has 4 N–H and O–H groups in total. The van der Waals surface area contributed by atoms with E-state index in [9.17, 15) is 24.9 Å². The third kappa shape index (κ3) is 9.60. The number of aromatic nitrogens is 1. The first-order chi connectivity index (χ1) is 19.1. The molecule has 234 valence electrons. The minimum Gasteiger partial charge on any atom is -0.457 e. The summed E-state index contributed by atoms with van der Waals surface area (Å²) in [6.45, 7) is 15.5. The topological polar surface area (TPSA) is 129 Å². The number of aliphatic hydroxyl groups excluding tert-OH is 3. The fourth-order valence-electron chi connectivity index (χ4n) is 5.78. The van der Waals surface area contributed by atoms with Gasteiger partial charge in [-0.1, -0.05) is 52.8 Å². The Labute approximate surface area is 254 Å². The molecule has 1 fully saturated rings. The van der Waals surface area contributed by atoms with Crippen LogP contribution in [0.15, 0.2) is 15.3 Å². The first-order valence-electron chi connectivity index (χ1n) is 14.7. The Morgan fingerprint density at radius 1 is 1.27 bits per heavy atom. The van der Waals surface area contributed by atoms with Gasteiger partial charge in [-0.25, -0.2) is 4.98 Å². The van der Waals surface area contributed by atoms with Gasteiger partial charge >= 0.3 is 5.97 Å². The molecule has 1 aromatic rings. The molecule has 1 saturated carbocycles. The maximum absolute atomic E-state index is 13.3. The van der Waals surface area contributed by atoms with E-state index in [1.54, 1.807) is 43.9 Å². The SMILES string of the molecule is CCC[C@H](C)[C@H](O)[C@@H](C)C(=O)C(C)(C)[C@@H](O)CC(=O)O[C@H](/C(C)=C/c1csc(SC)n1)C1C[C@@H]1C(C)(C)NCCO. The molecule has 0 saturated heterocycles. The van der Waals surface area contributed by atoms with Crippen molar-refractivity contribution in [2.75, 3.05) is 19.4 Å². The Morgan fingerprint density at radius 2 is 1.93 bits per heavy atom. The molecule has 1 aliphatic carbocycles.